The van der Waals surface area contributed by atoms with Crippen LogP contribution in [0.3, 0.4) is 0 Å². The molecule has 92 valence electrons. The summed E-state index contributed by atoms with van der Waals surface area (Å²) in [5.74, 6) is 0.131. The molecule has 0 spiro atoms. The molecule has 1 heterocycles. The highest BCUT2D eigenvalue weighted by Gasteiger charge is 2.09. The van der Waals surface area contributed by atoms with Crippen LogP contribution in [-0.2, 0) is 0 Å². The minimum absolute atomic E-state index is 0.286. The number of hydrogen-bond acceptors (Lipinski definition) is 3. The maximum atomic E-state index is 13.7. The molecule has 0 unspecified atom stereocenters. The van der Waals surface area contributed by atoms with Gasteiger partial charge in [0.15, 0.2) is 12.1 Å². The Morgan fingerprint density at radius 3 is 2.58 bits per heavy atom. The van der Waals surface area contributed by atoms with Gasteiger partial charge in [-0.1, -0.05) is 24.3 Å². The lowest BCUT2D eigenvalue weighted by atomic mass is 10.0. The number of carbonyl (C=O) groups excluding carboxylic acids is 1. The molecule has 19 heavy (non-hydrogen) atoms. The van der Waals surface area contributed by atoms with Crippen molar-refractivity contribution in [3.8, 4) is 11.4 Å². The van der Waals surface area contributed by atoms with Crippen LogP contribution in [0, 0.1) is 5.82 Å². The Bertz CT molecular complexity index is 771. The zero-order valence-corrected chi connectivity index (χ0v) is 9.88. The maximum absolute atomic E-state index is 13.7. The molecule has 4 heteroatoms. The van der Waals surface area contributed by atoms with Crippen molar-refractivity contribution in [1.29, 1.82) is 0 Å². The number of hydrogen-bond donors (Lipinski definition) is 0. The first-order chi connectivity index (χ1) is 9.29. The molecular weight excluding hydrogens is 243 g/mol. The van der Waals surface area contributed by atoms with Crippen molar-refractivity contribution in [3.63, 3.8) is 0 Å². The molecule has 0 aliphatic carbocycles. The number of benzene rings is 2. The van der Waals surface area contributed by atoms with Gasteiger partial charge in [0.25, 0.3) is 0 Å². The van der Waals surface area contributed by atoms with Crippen molar-refractivity contribution < 1.29 is 9.18 Å². The van der Waals surface area contributed by atoms with Gasteiger partial charge in [-0.2, -0.15) is 0 Å². The van der Waals surface area contributed by atoms with Crippen LogP contribution in [-0.4, -0.2) is 16.3 Å². The first kappa shape index (κ1) is 11.5. The standard InChI is InChI=1S/C15H9FN2O/c16-14-6-5-13(11-3-1-2-4-12(11)14)15-17-8-7-10(9-19)18-15/h1-9H. The number of halogens is 1. The summed E-state index contributed by atoms with van der Waals surface area (Å²) in [5, 5.41) is 1.24. The number of aromatic nitrogens is 2. The molecule has 0 amide bonds. The van der Waals surface area contributed by atoms with E-state index >= 15 is 0 Å². The largest absolute Gasteiger partial charge is 0.296 e. The fourth-order valence-corrected chi connectivity index (χ4v) is 2.03. The van der Waals surface area contributed by atoms with Crippen LogP contribution in [0.25, 0.3) is 22.2 Å². The molecule has 0 saturated heterocycles. The van der Waals surface area contributed by atoms with E-state index in [0.29, 0.717) is 28.8 Å². The van der Waals surface area contributed by atoms with E-state index in [9.17, 15) is 9.18 Å². The van der Waals surface area contributed by atoms with E-state index in [0.717, 1.165) is 5.39 Å². The molecule has 0 bridgehead atoms. The number of fused-ring (bicyclic) bond motifs is 1. The lowest BCUT2D eigenvalue weighted by molar-refractivity contribution is 0.111. The third-order valence-corrected chi connectivity index (χ3v) is 2.91. The molecule has 0 saturated carbocycles. The van der Waals surface area contributed by atoms with Gasteiger partial charge in [-0.05, 0) is 23.6 Å². The summed E-state index contributed by atoms with van der Waals surface area (Å²) in [7, 11) is 0. The van der Waals surface area contributed by atoms with Crippen LogP contribution in [0.1, 0.15) is 10.5 Å². The Labute approximate surface area is 108 Å². The van der Waals surface area contributed by atoms with E-state index in [1.165, 1.54) is 18.3 Å². The second kappa shape index (κ2) is 4.57. The van der Waals surface area contributed by atoms with Gasteiger partial charge >= 0.3 is 0 Å². The highest BCUT2D eigenvalue weighted by Crippen LogP contribution is 2.27. The number of carbonyl (C=O) groups is 1. The number of nitrogens with zero attached hydrogens (tertiary/aromatic N) is 2. The molecule has 0 aliphatic rings. The van der Waals surface area contributed by atoms with E-state index in [2.05, 4.69) is 9.97 Å². The summed E-state index contributed by atoms with van der Waals surface area (Å²) in [5.41, 5.74) is 1.01. The maximum Gasteiger partial charge on any atom is 0.168 e. The van der Waals surface area contributed by atoms with Gasteiger partial charge in [-0.3, -0.25) is 4.79 Å². The topological polar surface area (TPSA) is 42.9 Å². The fourth-order valence-electron chi connectivity index (χ4n) is 2.03. The Morgan fingerprint density at radius 1 is 1.00 bits per heavy atom. The number of rotatable bonds is 2. The minimum atomic E-state index is -0.286. The fraction of sp³-hybridized carbons (Fsp3) is 0. The van der Waals surface area contributed by atoms with Crippen LogP contribution < -0.4 is 0 Å². The monoisotopic (exact) mass is 252 g/mol. The SMILES string of the molecule is O=Cc1ccnc(-c2ccc(F)c3ccccc23)n1. The molecule has 0 aliphatic heterocycles. The second-order valence-corrected chi connectivity index (χ2v) is 4.06. The summed E-state index contributed by atoms with van der Waals surface area (Å²) in [6.07, 6.45) is 2.18. The van der Waals surface area contributed by atoms with Crippen molar-refractivity contribution in [1.82, 2.24) is 9.97 Å². The highest BCUT2D eigenvalue weighted by atomic mass is 19.1. The first-order valence-electron chi connectivity index (χ1n) is 5.75. The number of aldehydes is 1. The molecule has 2 aromatic carbocycles. The molecule has 3 aromatic rings. The van der Waals surface area contributed by atoms with Crippen molar-refractivity contribution in [2.24, 2.45) is 0 Å². The zero-order valence-electron chi connectivity index (χ0n) is 9.88. The van der Waals surface area contributed by atoms with Gasteiger partial charge < -0.3 is 0 Å². The predicted octanol–water partition coefficient (Wildman–Crippen LogP) is 3.25. The van der Waals surface area contributed by atoms with E-state index in [1.807, 2.05) is 12.1 Å². The van der Waals surface area contributed by atoms with Crippen LogP contribution in [0.15, 0.2) is 48.7 Å². The summed E-state index contributed by atoms with van der Waals surface area (Å²) in [6, 6.07) is 11.7. The van der Waals surface area contributed by atoms with Gasteiger partial charge in [0.05, 0.1) is 0 Å². The van der Waals surface area contributed by atoms with E-state index in [4.69, 9.17) is 0 Å². The Morgan fingerprint density at radius 2 is 1.79 bits per heavy atom. The van der Waals surface area contributed by atoms with E-state index in [1.54, 1.807) is 18.2 Å². The summed E-state index contributed by atoms with van der Waals surface area (Å²) in [4.78, 5) is 19.0. The summed E-state index contributed by atoms with van der Waals surface area (Å²) in [6.45, 7) is 0. The molecule has 1 aromatic heterocycles. The van der Waals surface area contributed by atoms with E-state index in [-0.39, 0.29) is 5.82 Å². The van der Waals surface area contributed by atoms with Gasteiger partial charge in [0.2, 0.25) is 0 Å². The highest BCUT2D eigenvalue weighted by molar-refractivity contribution is 5.95. The first-order valence-corrected chi connectivity index (χ1v) is 5.75. The smallest absolute Gasteiger partial charge is 0.168 e. The van der Waals surface area contributed by atoms with Crippen molar-refractivity contribution in [2.45, 2.75) is 0 Å². The van der Waals surface area contributed by atoms with E-state index < -0.39 is 0 Å². The van der Waals surface area contributed by atoms with Gasteiger partial charge in [-0.25, -0.2) is 14.4 Å². The molecule has 0 fully saturated rings. The third kappa shape index (κ3) is 1.97. The predicted molar refractivity (Wildman–Crippen MR) is 70.3 cm³/mol. The second-order valence-electron chi connectivity index (χ2n) is 4.06. The van der Waals surface area contributed by atoms with Crippen LogP contribution in [0.5, 0.6) is 0 Å². The average molecular weight is 252 g/mol. The molecule has 3 nitrogen and oxygen atoms in total. The zero-order chi connectivity index (χ0) is 13.2. The lowest BCUT2D eigenvalue weighted by Gasteiger charge is -2.06. The van der Waals surface area contributed by atoms with Crippen LogP contribution >= 0.6 is 0 Å². The minimum Gasteiger partial charge on any atom is -0.296 e. The molecule has 0 atom stereocenters. The molecule has 0 radical (unpaired) electrons. The van der Waals surface area contributed by atoms with Crippen molar-refractivity contribution in [2.75, 3.05) is 0 Å². The normalized spacial score (nSPS) is 10.6. The average Bonchev–Trinajstić information content (AvgIpc) is 2.48. The Balaban J connectivity index is 2.30. The van der Waals surface area contributed by atoms with Crippen molar-refractivity contribution >= 4 is 17.1 Å². The van der Waals surface area contributed by atoms with Crippen LogP contribution in [0.4, 0.5) is 4.39 Å². The van der Waals surface area contributed by atoms with Crippen molar-refractivity contribution in [3.05, 3.63) is 60.2 Å². The molecule has 3 rings (SSSR count). The Kier molecular flexibility index (Phi) is 2.76. The molecule has 0 N–H and O–H groups in total. The third-order valence-electron chi connectivity index (χ3n) is 2.91. The molecular formula is C15H9FN2O. The van der Waals surface area contributed by atoms with Gasteiger partial charge in [-0.15, -0.1) is 0 Å². The Hall–Kier alpha value is -2.62. The summed E-state index contributed by atoms with van der Waals surface area (Å²) < 4.78 is 13.7. The van der Waals surface area contributed by atoms with Gasteiger partial charge in [0, 0.05) is 17.1 Å². The quantitative estimate of drug-likeness (QED) is 0.657. The summed E-state index contributed by atoms with van der Waals surface area (Å²) >= 11 is 0. The lowest BCUT2D eigenvalue weighted by Crippen LogP contribution is -1.94. The van der Waals surface area contributed by atoms with Crippen LogP contribution in [0.2, 0.25) is 0 Å². The van der Waals surface area contributed by atoms with Gasteiger partial charge in [0.1, 0.15) is 11.5 Å².